The Hall–Kier alpha value is -1.58. The Morgan fingerprint density at radius 2 is 2.37 bits per heavy atom. The molecular weight excluding hydrogens is 278 g/mol. The van der Waals surface area contributed by atoms with Crippen molar-refractivity contribution in [2.45, 2.75) is 29.9 Å². The van der Waals surface area contributed by atoms with Crippen LogP contribution in [-0.2, 0) is 4.79 Å². The van der Waals surface area contributed by atoms with Crippen molar-refractivity contribution in [3.05, 3.63) is 18.2 Å². The summed E-state index contributed by atoms with van der Waals surface area (Å²) >= 11 is 3.34. The number of nitrogens with zero attached hydrogens (tertiary/aromatic N) is 2. The second kappa shape index (κ2) is 6.04. The van der Waals surface area contributed by atoms with E-state index in [9.17, 15) is 4.79 Å². The third kappa shape index (κ3) is 3.69. The highest BCUT2D eigenvalue weighted by Gasteiger charge is 2.08. The molecule has 19 heavy (non-hydrogen) atoms. The molecule has 1 aromatic carbocycles. The van der Waals surface area contributed by atoms with Gasteiger partial charge in [0.1, 0.15) is 6.42 Å². The third-order valence-corrected chi connectivity index (χ3v) is 4.34. The number of anilines is 1. The molecule has 1 N–H and O–H groups in total. The van der Waals surface area contributed by atoms with Gasteiger partial charge in [-0.15, -0.1) is 11.3 Å². The lowest BCUT2D eigenvalue weighted by Gasteiger charge is -2.01. The van der Waals surface area contributed by atoms with Crippen LogP contribution in [0.5, 0.6) is 0 Å². The molecule has 1 heterocycles. The molecule has 98 valence electrons. The number of nitriles is 1. The van der Waals surface area contributed by atoms with Crippen LogP contribution in [0.3, 0.4) is 0 Å². The lowest BCUT2D eigenvalue weighted by molar-refractivity contribution is -0.115. The lowest BCUT2D eigenvalue weighted by Crippen LogP contribution is -2.09. The Balaban J connectivity index is 2.20. The first kappa shape index (κ1) is 13.8. The quantitative estimate of drug-likeness (QED) is 0.873. The molecule has 4 nitrogen and oxygen atoms in total. The average Bonchev–Trinajstić information content (AvgIpc) is 2.69. The molecule has 2 aromatic rings. The fourth-order valence-corrected chi connectivity index (χ4v) is 3.84. The molecule has 0 spiro atoms. The predicted molar refractivity (Wildman–Crippen MR) is 79.5 cm³/mol. The predicted octanol–water partition coefficient (Wildman–Crippen LogP) is 3.65. The van der Waals surface area contributed by atoms with Crippen LogP contribution in [-0.4, -0.2) is 16.1 Å². The number of benzene rings is 1. The Labute approximate surface area is 119 Å². The zero-order valence-corrected chi connectivity index (χ0v) is 12.3. The van der Waals surface area contributed by atoms with Gasteiger partial charge < -0.3 is 5.32 Å². The Morgan fingerprint density at radius 3 is 3.05 bits per heavy atom. The van der Waals surface area contributed by atoms with Gasteiger partial charge in [0.2, 0.25) is 5.91 Å². The van der Waals surface area contributed by atoms with Gasteiger partial charge in [0, 0.05) is 10.9 Å². The highest BCUT2D eigenvalue weighted by Crippen LogP contribution is 2.33. The number of aromatic nitrogens is 1. The Bertz CT molecular complexity index is 643. The van der Waals surface area contributed by atoms with E-state index in [0.717, 1.165) is 14.6 Å². The normalized spacial score (nSPS) is 10.6. The van der Waals surface area contributed by atoms with E-state index in [1.807, 2.05) is 18.2 Å². The minimum Gasteiger partial charge on any atom is -0.325 e. The summed E-state index contributed by atoms with van der Waals surface area (Å²) in [4.78, 5) is 15.9. The monoisotopic (exact) mass is 291 g/mol. The molecule has 0 aliphatic rings. The third-order valence-electron chi connectivity index (χ3n) is 2.23. The molecule has 0 bridgehead atoms. The van der Waals surface area contributed by atoms with Crippen molar-refractivity contribution in [3.63, 3.8) is 0 Å². The zero-order valence-electron chi connectivity index (χ0n) is 10.6. The highest BCUT2D eigenvalue weighted by atomic mass is 32.2. The fourth-order valence-electron chi connectivity index (χ4n) is 1.51. The molecule has 0 aliphatic carbocycles. The molecule has 6 heteroatoms. The summed E-state index contributed by atoms with van der Waals surface area (Å²) in [7, 11) is 0. The van der Waals surface area contributed by atoms with E-state index in [2.05, 4.69) is 24.1 Å². The maximum atomic E-state index is 11.3. The van der Waals surface area contributed by atoms with E-state index < -0.39 is 0 Å². The van der Waals surface area contributed by atoms with Gasteiger partial charge in [-0.05, 0) is 18.2 Å². The number of amides is 1. The van der Waals surface area contributed by atoms with Gasteiger partial charge in [0.25, 0.3) is 0 Å². The van der Waals surface area contributed by atoms with Crippen molar-refractivity contribution in [2.75, 3.05) is 5.32 Å². The number of hydrogen-bond donors (Lipinski definition) is 1. The van der Waals surface area contributed by atoms with Gasteiger partial charge >= 0.3 is 0 Å². The number of hydrogen-bond acceptors (Lipinski definition) is 5. The second-order valence-corrected chi connectivity index (χ2v) is 7.07. The fraction of sp³-hybridized carbons (Fsp3) is 0.308. The maximum absolute atomic E-state index is 11.3. The SMILES string of the molecule is CC(C)Sc1nc2ccc(NC(=O)CC#N)cc2s1. The number of carbonyl (C=O) groups is 1. The van der Waals surface area contributed by atoms with Crippen LogP contribution in [0, 0.1) is 11.3 Å². The molecule has 0 radical (unpaired) electrons. The van der Waals surface area contributed by atoms with Crippen molar-refractivity contribution in [3.8, 4) is 6.07 Å². The summed E-state index contributed by atoms with van der Waals surface area (Å²) in [5.41, 5.74) is 1.64. The molecule has 0 saturated heterocycles. The van der Waals surface area contributed by atoms with Gasteiger partial charge in [-0.1, -0.05) is 25.6 Å². The zero-order chi connectivity index (χ0) is 13.8. The van der Waals surface area contributed by atoms with Crippen molar-refractivity contribution in [1.82, 2.24) is 4.98 Å². The van der Waals surface area contributed by atoms with E-state index in [-0.39, 0.29) is 12.3 Å². The maximum Gasteiger partial charge on any atom is 0.238 e. The van der Waals surface area contributed by atoms with Crippen LogP contribution in [0.2, 0.25) is 0 Å². The van der Waals surface area contributed by atoms with Gasteiger partial charge in [0.15, 0.2) is 4.34 Å². The summed E-state index contributed by atoms with van der Waals surface area (Å²) in [6, 6.07) is 7.41. The smallest absolute Gasteiger partial charge is 0.238 e. The summed E-state index contributed by atoms with van der Waals surface area (Å²) in [6.07, 6.45) is -0.130. The van der Waals surface area contributed by atoms with E-state index in [0.29, 0.717) is 10.9 Å². The van der Waals surface area contributed by atoms with Crippen LogP contribution >= 0.6 is 23.1 Å². The number of thiazole rings is 1. The first-order valence-corrected chi connectivity index (χ1v) is 7.52. The topological polar surface area (TPSA) is 65.8 Å². The molecule has 0 unspecified atom stereocenters. The molecule has 0 saturated carbocycles. The standard InChI is InChI=1S/C13H13N3OS2/c1-8(2)18-13-16-10-4-3-9(7-11(10)19-13)15-12(17)5-6-14/h3-4,7-8H,5H2,1-2H3,(H,15,17). The first-order chi connectivity index (χ1) is 9.08. The summed E-state index contributed by atoms with van der Waals surface area (Å²) in [6.45, 7) is 4.26. The summed E-state index contributed by atoms with van der Waals surface area (Å²) in [5.74, 6) is -0.289. The Kier molecular flexibility index (Phi) is 4.40. The lowest BCUT2D eigenvalue weighted by atomic mass is 10.3. The second-order valence-electron chi connectivity index (χ2n) is 4.21. The number of nitrogens with one attached hydrogen (secondary N) is 1. The number of thioether (sulfide) groups is 1. The average molecular weight is 291 g/mol. The molecule has 0 aliphatic heterocycles. The molecule has 1 aromatic heterocycles. The van der Waals surface area contributed by atoms with Crippen LogP contribution in [0.1, 0.15) is 20.3 Å². The highest BCUT2D eigenvalue weighted by molar-refractivity contribution is 8.01. The van der Waals surface area contributed by atoms with Crippen molar-refractivity contribution >= 4 is 44.9 Å². The van der Waals surface area contributed by atoms with Gasteiger partial charge in [-0.3, -0.25) is 4.79 Å². The minimum absolute atomic E-state index is 0.130. The van der Waals surface area contributed by atoms with Crippen LogP contribution in [0.25, 0.3) is 10.2 Å². The van der Waals surface area contributed by atoms with Crippen molar-refractivity contribution in [2.24, 2.45) is 0 Å². The van der Waals surface area contributed by atoms with Crippen LogP contribution in [0.4, 0.5) is 5.69 Å². The summed E-state index contributed by atoms with van der Waals surface area (Å²) in [5, 5.41) is 11.6. The van der Waals surface area contributed by atoms with E-state index >= 15 is 0 Å². The van der Waals surface area contributed by atoms with Crippen LogP contribution < -0.4 is 5.32 Å². The van der Waals surface area contributed by atoms with Crippen LogP contribution in [0.15, 0.2) is 22.5 Å². The van der Waals surface area contributed by atoms with Crippen molar-refractivity contribution < 1.29 is 4.79 Å². The van der Waals surface area contributed by atoms with Crippen molar-refractivity contribution in [1.29, 1.82) is 5.26 Å². The number of carbonyl (C=O) groups excluding carboxylic acids is 1. The number of fused-ring (bicyclic) bond motifs is 1. The minimum atomic E-state index is -0.289. The van der Waals surface area contributed by atoms with E-state index in [4.69, 9.17) is 5.26 Å². The van der Waals surface area contributed by atoms with E-state index in [1.165, 1.54) is 0 Å². The largest absolute Gasteiger partial charge is 0.325 e. The molecule has 1 amide bonds. The Morgan fingerprint density at radius 1 is 1.58 bits per heavy atom. The molecule has 0 atom stereocenters. The molecule has 2 rings (SSSR count). The number of rotatable bonds is 4. The molecule has 0 fully saturated rings. The van der Waals surface area contributed by atoms with Gasteiger partial charge in [-0.25, -0.2) is 4.98 Å². The first-order valence-electron chi connectivity index (χ1n) is 5.82. The van der Waals surface area contributed by atoms with Gasteiger partial charge in [-0.2, -0.15) is 5.26 Å². The summed E-state index contributed by atoms with van der Waals surface area (Å²) < 4.78 is 2.07. The molecular formula is C13H13N3OS2. The van der Waals surface area contributed by atoms with Gasteiger partial charge in [0.05, 0.1) is 16.3 Å². The van der Waals surface area contributed by atoms with E-state index in [1.54, 1.807) is 29.2 Å².